The van der Waals surface area contributed by atoms with Crippen LogP contribution in [0.3, 0.4) is 0 Å². The van der Waals surface area contributed by atoms with Gasteiger partial charge in [-0.2, -0.15) is 0 Å². The van der Waals surface area contributed by atoms with Gasteiger partial charge in [-0.05, 0) is 6.92 Å². The highest BCUT2D eigenvalue weighted by Gasteiger charge is 2.52. The smallest absolute Gasteiger partial charge is 0.186 e. The average molecular weight is 208 g/mol. The molecule has 0 amide bonds. The summed E-state index contributed by atoms with van der Waals surface area (Å²) in [7, 11) is 1.30. The van der Waals surface area contributed by atoms with Crippen molar-refractivity contribution in [1.82, 2.24) is 0 Å². The quantitative estimate of drug-likeness (QED) is 0.412. The summed E-state index contributed by atoms with van der Waals surface area (Å²) in [6.07, 6.45) is -4.72. The molecule has 14 heavy (non-hydrogen) atoms. The third kappa shape index (κ3) is 1.77. The van der Waals surface area contributed by atoms with E-state index in [2.05, 4.69) is 0 Å². The van der Waals surface area contributed by atoms with E-state index in [0.29, 0.717) is 0 Å². The van der Waals surface area contributed by atoms with E-state index >= 15 is 0 Å². The molecule has 1 saturated heterocycles. The zero-order valence-corrected chi connectivity index (χ0v) is 8.12. The number of aliphatic hydroxyl groups is 4. The van der Waals surface area contributed by atoms with Crippen molar-refractivity contribution in [1.29, 1.82) is 0 Å². The maximum atomic E-state index is 9.74. The Hall–Kier alpha value is -0.240. The topological polar surface area (TPSA) is 99.4 Å². The molecule has 0 aromatic rings. The highest BCUT2D eigenvalue weighted by Crippen LogP contribution is 2.29. The summed E-state index contributed by atoms with van der Waals surface area (Å²) in [5, 5.41) is 37.7. The van der Waals surface area contributed by atoms with Gasteiger partial charge in [-0.15, -0.1) is 0 Å². The molecular formula is C8H16O6. The Morgan fingerprint density at radius 1 is 1.36 bits per heavy atom. The van der Waals surface area contributed by atoms with Crippen LogP contribution in [-0.2, 0) is 9.47 Å². The van der Waals surface area contributed by atoms with Crippen molar-refractivity contribution >= 4 is 0 Å². The Bertz CT molecular complexity index is 176. The van der Waals surface area contributed by atoms with Crippen molar-refractivity contribution in [3.05, 3.63) is 0 Å². The zero-order valence-electron chi connectivity index (χ0n) is 8.12. The Balaban J connectivity index is 2.84. The second kappa shape index (κ2) is 4.09. The van der Waals surface area contributed by atoms with Gasteiger partial charge in [0.25, 0.3) is 0 Å². The minimum Gasteiger partial charge on any atom is -0.394 e. The second-order valence-corrected chi connectivity index (χ2v) is 3.58. The highest BCUT2D eigenvalue weighted by molar-refractivity contribution is 4.98. The van der Waals surface area contributed by atoms with Crippen molar-refractivity contribution in [3.63, 3.8) is 0 Å². The molecule has 6 nitrogen and oxygen atoms in total. The van der Waals surface area contributed by atoms with Gasteiger partial charge in [0.05, 0.1) is 6.61 Å². The van der Waals surface area contributed by atoms with Gasteiger partial charge in [0.2, 0.25) is 0 Å². The van der Waals surface area contributed by atoms with Gasteiger partial charge < -0.3 is 29.9 Å². The second-order valence-electron chi connectivity index (χ2n) is 3.58. The van der Waals surface area contributed by atoms with E-state index in [9.17, 15) is 15.3 Å². The first-order valence-electron chi connectivity index (χ1n) is 4.32. The van der Waals surface area contributed by atoms with Gasteiger partial charge >= 0.3 is 0 Å². The lowest BCUT2D eigenvalue weighted by Crippen LogP contribution is -2.65. The number of rotatable bonds is 2. The highest BCUT2D eigenvalue weighted by atomic mass is 16.7. The molecule has 84 valence electrons. The molecule has 4 N–H and O–H groups in total. The normalized spacial score (nSPS) is 49.3. The first kappa shape index (κ1) is 11.8. The van der Waals surface area contributed by atoms with Gasteiger partial charge in [0.1, 0.15) is 23.9 Å². The molecule has 0 radical (unpaired) electrons. The van der Waals surface area contributed by atoms with Crippen molar-refractivity contribution < 1.29 is 29.9 Å². The van der Waals surface area contributed by atoms with Crippen LogP contribution in [0.5, 0.6) is 0 Å². The lowest BCUT2D eigenvalue weighted by Gasteiger charge is -2.45. The lowest BCUT2D eigenvalue weighted by molar-refractivity contribution is -0.322. The SMILES string of the molecule is CO[C@@H]1O[C@H](CO)[C@H](O)[C@](C)(O)[C@H]1O. The molecule has 0 aromatic heterocycles. The molecule has 5 atom stereocenters. The number of ether oxygens (including phenoxy) is 2. The maximum Gasteiger partial charge on any atom is 0.186 e. The molecular weight excluding hydrogens is 192 g/mol. The number of hydrogen-bond donors (Lipinski definition) is 4. The zero-order chi connectivity index (χ0) is 10.9. The Labute approximate surface area is 81.7 Å². The third-order valence-corrected chi connectivity index (χ3v) is 2.53. The van der Waals surface area contributed by atoms with E-state index < -0.39 is 36.8 Å². The van der Waals surface area contributed by atoms with Crippen LogP contribution in [0.2, 0.25) is 0 Å². The van der Waals surface area contributed by atoms with Crippen molar-refractivity contribution in [2.24, 2.45) is 0 Å². The summed E-state index contributed by atoms with van der Waals surface area (Å²) in [5.41, 5.74) is -1.76. The maximum absolute atomic E-state index is 9.74. The van der Waals surface area contributed by atoms with Gasteiger partial charge in [-0.25, -0.2) is 0 Å². The standard InChI is InChI=1S/C8H16O6/c1-8(12)5(10)4(3-9)14-7(13-2)6(8)11/h4-7,9-12H,3H2,1-2H3/t4-,5+,6+,7-,8+/m1/s1. The first-order valence-corrected chi connectivity index (χ1v) is 4.32. The molecule has 0 unspecified atom stereocenters. The molecule has 1 aliphatic heterocycles. The predicted molar refractivity (Wildman–Crippen MR) is 45.4 cm³/mol. The Morgan fingerprint density at radius 2 is 1.93 bits per heavy atom. The van der Waals surface area contributed by atoms with Gasteiger partial charge in [0, 0.05) is 7.11 Å². The van der Waals surface area contributed by atoms with Gasteiger partial charge in [-0.3, -0.25) is 0 Å². The summed E-state index contributed by atoms with van der Waals surface area (Å²) in [4.78, 5) is 0. The molecule has 0 saturated carbocycles. The molecule has 1 rings (SSSR count). The lowest BCUT2D eigenvalue weighted by atomic mass is 9.86. The fourth-order valence-corrected chi connectivity index (χ4v) is 1.48. The Kier molecular flexibility index (Phi) is 3.46. The fraction of sp³-hybridized carbons (Fsp3) is 1.00. The Morgan fingerprint density at radius 3 is 2.36 bits per heavy atom. The first-order chi connectivity index (χ1) is 6.45. The van der Waals surface area contributed by atoms with Crippen LogP contribution in [0.25, 0.3) is 0 Å². The molecule has 6 heteroatoms. The van der Waals surface area contributed by atoms with E-state index in [0.717, 1.165) is 0 Å². The average Bonchev–Trinajstić information content (AvgIpc) is 2.16. The van der Waals surface area contributed by atoms with E-state index in [4.69, 9.17) is 14.6 Å². The van der Waals surface area contributed by atoms with Crippen LogP contribution in [0, 0.1) is 0 Å². The third-order valence-electron chi connectivity index (χ3n) is 2.53. The van der Waals surface area contributed by atoms with E-state index in [-0.39, 0.29) is 0 Å². The minimum absolute atomic E-state index is 0.454. The summed E-state index contributed by atoms with van der Waals surface area (Å²) in [6.45, 7) is 0.809. The monoisotopic (exact) mass is 208 g/mol. The number of methoxy groups -OCH3 is 1. The molecule has 0 bridgehead atoms. The van der Waals surface area contributed by atoms with Crippen molar-refractivity contribution in [3.8, 4) is 0 Å². The molecule has 0 aliphatic carbocycles. The van der Waals surface area contributed by atoms with Crippen LogP contribution in [-0.4, -0.2) is 64.3 Å². The van der Waals surface area contributed by atoms with Gasteiger partial charge in [0.15, 0.2) is 6.29 Å². The van der Waals surface area contributed by atoms with Crippen LogP contribution in [0.15, 0.2) is 0 Å². The molecule has 0 spiro atoms. The predicted octanol–water partition coefficient (Wildman–Crippen LogP) is -2.18. The summed E-state index contributed by atoms with van der Waals surface area (Å²) < 4.78 is 9.78. The van der Waals surface area contributed by atoms with Crippen LogP contribution >= 0.6 is 0 Å². The van der Waals surface area contributed by atoms with E-state index in [1.54, 1.807) is 0 Å². The van der Waals surface area contributed by atoms with Crippen LogP contribution < -0.4 is 0 Å². The molecule has 0 aromatic carbocycles. The number of aliphatic hydroxyl groups excluding tert-OH is 3. The van der Waals surface area contributed by atoms with Crippen LogP contribution in [0.1, 0.15) is 6.92 Å². The molecule has 1 aliphatic rings. The van der Waals surface area contributed by atoms with Crippen molar-refractivity contribution in [2.75, 3.05) is 13.7 Å². The van der Waals surface area contributed by atoms with Gasteiger partial charge in [-0.1, -0.05) is 0 Å². The molecule has 1 fully saturated rings. The largest absolute Gasteiger partial charge is 0.394 e. The summed E-state index contributed by atoms with van der Waals surface area (Å²) in [6, 6.07) is 0. The summed E-state index contributed by atoms with van der Waals surface area (Å²) in [5.74, 6) is 0. The minimum atomic E-state index is -1.76. The number of hydrogen-bond acceptors (Lipinski definition) is 6. The van der Waals surface area contributed by atoms with Crippen LogP contribution in [0.4, 0.5) is 0 Å². The van der Waals surface area contributed by atoms with E-state index in [1.807, 2.05) is 0 Å². The summed E-state index contributed by atoms with van der Waals surface area (Å²) >= 11 is 0. The fourth-order valence-electron chi connectivity index (χ4n) is 1.48. The van der Waals surface area contributed by atoms with E-state index in [1.165, 1.54) is 14.0 Å². The van der Waals surface area contributed by atoms with Crippen molar-refractivity contribution in [2.45, 2.75) is 37.1 Å². The molecule has 1 heterocycles.